The molecular weight excluding hydrogens is 399 g/mol. The Labute approximate surface area is 148 Å². The highest BCUT2D eigenvalue weighted by molar-refractivity contribution is 14.0. The summed E-state index contributed by atoms with van der Waals surface area (Å²) in [5, 5.41) is 3.11. The number of carbonyl (C=O) groups excluding carboxylic acids is 1. The molecule has 0 aromatic carbocycles. The molecule has 0 aromatic rings. The van der Waals surface area contributed by atoms with Crippen molar-refractivity contribution in [3.05, 3.63) is 0 Å². The predicted molar refractivity (Wildman–Crippen MR) is 100 cm³/mol. The van der Waals surface area contributed by atoms with Gasteiger partial charge in [-0.3, -0.25) is 9.79 Å². The van der Waals surface area contributed by atoms with Crippen molar-refractivity contribution in [3.8, 4) is 0 Å². The van der Waals surface area contributed by atoms with E-state index in [1.807, 2.05) is 11.8 Å². The minimum atomic E-state index is 0. The number of nitrogens with one attached hydrogen (secondary N) is 1. The van der Waals surface area contributed by atoms with Crippen LogP contribution in [-0.2, 0) is 4.79 Å². The van der Waals surface area contributed by atoms with E-state index in [9.17, 15) is 4.79 Å². The van der Waals surface area contributed by atoms with Gasteiger partial charge in [-0.2, -0.15) is 11.8 Å². The van der Waals surface area contributed by atoms with E-state index in [2.05, 4.69) is 15.2 Å². The second-order valence-electron chi connectivity index (χ2n) is 5.49. The monoisotopic (exact) mass is 426 g/mol. The standard InChI is InChI=1S/C14H26N4OS.HI/c15-14(18-8-10-20-11-9-18)16-7-6-13(19)17-12-4-2-1-3-5-12;/h12H,1-11H2,(H2,15,16)(H,17,19);1H. The number of thioether (sulfide) groups is 1. The molecule has 0 unspecified atom stereocenters. The number of nitrogens with two attached hydrogens (primary N) is 1. The molecule has 1 saturated heterocycles. The molecule has 0 bridgehead atoms. The van der Waals surface area contributed by atoms with Crippen molar-refractivity contribution in [2.24, 2.45) is 10.7 Å². The van der Waals surface area contributed by atoms with Crippen LogP contribution in [0.2, 0.25) is 0 Å². The molecule has 2 fully saturated rings. The predicted octanol–water partition coefficient (Wildman–Crippen LogP) is 1.81. The lowest BCUT2D eigenvalue weighted by Crippen LogP contribution is -2.43. The molecule has 0 aromatic heterocycles. The van der Waals surface area contributed by atoms with Crippen molar-refractivity contribution in [2.75, 3.05) is 31.1 Å². The first kappa shape index (κ1) is 18.9. The normalized spacial score (nSPS) is 20.8. The molecule has 122 valence electrons. The number of hydrogen-bond donors (Lipinski definition) is 2. The molecule has 21 heavy (non-hydrogen) atoms. The van der Waals surface area contributed by atoms with E-state index >= 15 is 0 Å². The number of aliphatic imine (C=N–C) groups is 1. The summed E-state index contributed by atoms with van der Waals surface area (Å²) in [5.41, 5.74) is 5.95. The van der Waals surface area contributed by atoms with Gasteiger partial charge in [0.05, 0.1) is 6.54 Å². The van der Waals surface area contributed by atoms with Gasteiger partial charge in [0.25, 0.3) is 0 Å². The molecule has 1 aliphatic carbocycles. The molecule has 7 heteroatoms. The van der Waals surface area contributed by atoms with Gasteiger partial charge in [0, 0.05) is 37.1 Å². The minimum Gasteiger partial charge on any atom is -0.370 e. The topological polar surface area (TPSA) is 70.7 Å². The zero-order valence-corrected chi connectivity index (χ0v) is 15.7. The summed E-state index contributed by atoms with van der Waals surface area (Å²) in [6, 6.07) is 0.386. The Balaban J connectivity index is 0.00000220. The lowest BCUT2D eigenvalue weighted by Gasteiger charge is -2.27. The Morgan fingerprint density at radius 3 is 2.57 bits per heavy atom. The molecular formula is C14H27IN4OS. The van der Waals surface area contributed by atoms with Gasteiger partial charge in [-0.1, -0.05) is 19.3 Å². The fourth-order valence-corrected chi connectivity index (χ4v) is 3.61. The van der Waals surface area contributed by atoms with E-state index in [4.69, 9.17) is 5.73 Å². The second kappa shape index (κ2) is 10.5. The van der Waals surface area contributed by atoms with Crippen molar-refractivity contribution in [1.29, 1.82) is 0 Å². The molecule has 1 saturated carbocycles. The van der Waals surface area contributed by atoms with Crippen molar-refractivity contribution in [2.45, 2.75) is 44.6 Å². The van der Waals surface area contributed by atoms with E-state index < -0.39 is 0 Å². The van der Waals surface area contributed by atoms with Gasteiger partial charge in [0.1, 0.15) is 0 Å². The zero-order valence-electron chi connectivity index (χ0n) is 12.6. The fourth-order valence-electron chi connectivity index (χ4n) is 2.71. The average molecular weight is 426 g/mol. The number of guanidine groups is 1. The Hall–Kier alpha value is -0.180. The largest absolute Gasteiger partial charge is 0.370 e. The number of halogens is 1. The van der Waals surface area contributed by atoms with E-state index in [0.717, 1.165) is 37.4 Å². The van der Waals surface area contributed by atoms with E-state index in [-0.39, 0.29) is 29.9 Å². The van der Waals surface area contributed by atoms with Gasteiger partial charge >= 0.3 is 0 Å². The maximum Gasteiger partial charge on any atom is 0.222 e. The van der Waals surface area contributed by atoms with Crippen LogP contribution in [0, 0.1) is 0 Å². The van der Waals surface area contributed by atoms with Gasteiger partial charge in [0.2, 0.25) is 5.91 Å². The molecule has 0 spiro atoms. The lowest BCUT2D eigenvalue weighted by atomic mass is 9.95. The molecule has 0 radical (unpaired) electrons. The van der Waals surface area contributed by atoms with Crippen LogP contribution < -0.4 is 11.1 Å². The van der Waals surface area contributed by atoms with Crippen LogP contribution in [0.1, 0.15) is 38.5 Å². The number of carbonyl (C=O) groups is 1. The molecule has 3 N–H and O–H groups in total. The van der Waals surface area contributed by atoms with E-state index in [1.165, 1.54) is 19.3 Å². The number of hydrogen-bond acceptors (Lipinski definition) is 3. The Morgan fingerprint density at radius 1 is 1.24 bits per heavy atom. The van der Waals surface area contributed by atoms with Gasteiger partial charge in [-0.05, 0) is 12.8 Å². The van der Waals surface area contributed by atoms with Crippen LogP contribution in [0.15, 0.2) is 4.99 Å². The highest BCUT2D eigenvalue weighted by Crippen LogP contribution is 2.17. The second-order valence-corrected chi connectivity index (χ2v) is 6.72. The highest BCUT2D eigenvalue weighted by Gasteiger charge is 2.15. The highest BCUT2D eigenvalue weighted by atomic mass is 127. The van der Waals surface area contributed by atoms with Crippen LogP contribution in [0.3, 0.4) is 0 Å². The van der Waals surface area contributed by atoms with E-state index in [1.54, 1.807) is 0 Å². The molecule has 2 aliphatic rings. The molecule has 1 amide bonds. The molecule has 2 rings (SSSR count). The Bertz CT molecular complexity index is 342. The third-order valence-electron chi connectivity index (χ3n) is 3.92. The number of nitrogens with zero attached hydrogens (tertiary/aromatic N) is 2. The van der Waals surface area contributed by atoms with Crippen LogP contribution in [-0.4, -0.2) is 53.9 Å². The minimum absolute atomic E-state index is 0. The fraction of sp³-hybridized carbons (Fsp3) is 0.857. The third kappa shape index (κ3) is 7.08. The van der Waals surface area contributed by atoms with Gasteiger partial charge in [0.15, 0.2) is 5.96 Å². The SMILES string of the molecule is I.NC(=NCCC(=O)NC1CCCCC1)N1CCSCC1. The quantitative estimate of drug-likeness (QED) is 0.409. The number of amides is 1. The van der Waals surface area contributed by atoms with Crippen molar-refractivity contribution >= 4 is 47.6 Å². The summed E-state index contributed by atoms with van der Waals surface area (Å²) in [7, 11) is 0. The van der Waals surface area contributed by atoms with Crippen molar-refractivity contribution in [1.82, 2.24) is 10.2 Å². The van der Waals surface area contributed by atoms with Gasteiger partial charge < -0.3 is 16.0 Å². The first-order valence-corrected chi connectivity index (χ1v) is 8.83. The van der Waals surface area contributed by atoms with Crippen LogP contribution >= 0.6 is 35.7 Å². The molecule has 5 nitrogen and oxygen atoms in total. The van der Waals surface area contributed by atoms with Crippen molar-refractivity contribution in [3.63, 3.8) is 0 Å². The molecule has 1 heterocycles. The summed E-state index contributed by atoms with van der Waals surface area (Å²) in [5.74, 6) is 2.93. The Kier molecular flexibility index (Phi) is 9.46. The summed E-state index contributed by atoms with van der Waals surface area (Å²) < 4.78 is 0. The summed E-state index contributed by atoms with van der Waals surface area (Å²) >= 11 is 1.95. The molecule has 0 atom stereocenters. The van der Waals surface area contributed by atoms with Crippen LogP contribution in [0.25, 0.3) is 0 Å². The van der Waals surface area contributed by atoms with Gasteiger partial charge in [-0.15, -0.1) is 24.0 Å². The van der Waals surface area contributed by atoms with Crippen LogP contribution in [0.5, 0.6) is 0 Å². The van der Waals surface area contributed by atoms with Gasteiger partial charge in [-0.25, -0.2) is 0 Å². The summed E-state index contributed by atoms with van der Waals surface area (Å²) in [6.45, 7) is 2.43. The average Bonchev–Trinajstić information content (AvgIpc) is 2.49. The van der Waals surface area contributed by atoms with Crippen molar-refractivity contribution < 1.29 is 4.79 Å². The first-order chi connectivity index (χ1) is 9.75. The maximum atomic E-state index is 11.8. The summed E-state index contributed by atoms with van der Waals surface area (Å²) in [4.78, 5) is 18.3. The maximum absolute atomic E-state index is 11.8. The van der Waals surface area contributed by atoms with E-state index in [0.29, 0.717) is 25.0 Å². The first-order valence-electron chi connectivity index (χ1n) is 7.67. The third-order valence-corrected chi connectivity index (χ3v) is 4.86. The Morgan fingerprint density at radius 2 is 1.90 bits per heavy atom. The van der Waals surface area contributed by atoms with Crippen LogP contribution in [0.4, 0.5) is 0 Å². The molecule has 1 aliphatic heterocycles. The smallest absolute Gasteiger partial charge is 0.222 e. The number of rotatable bonds is 4. The zero-order chi connectivity index (χ0) is 14.2. The summed E-state index contributed by atoms with van der Waals surface area (Å²) in [6.07, 6.45) is 6.48. The lowest BCUT2D eigenvalue weighted by molar-refractivity contribution is -0.121.